The zero-order chi connectivity index (χ0) is 13.3. The molecule has 3 nitrogen and oxygen atoms in total. The Balaban J connectivity index is 2.27. The van der Waals surface area contributed by atoms with Crippen LogP contribution >= 0.6 is 15.9 Å². The second kappa shape index (κ2) is 5.07. The summed E-state index contributed by atoms with van der Waals surface area (Å²) >= 11 is 3.01. The average Bonchev–Trinajstić information content (AvgIpc) is 2.66. The van der Waals surface area contributed by atoms with Gasteiger partial charge in [-0.15, -0.1) is 0 Å². The fourth-order valence-electron chi connectivity index (χ4n) is 1.76. The number of ether oxygens (including phenoxy) is 1. The van der Waals surface area contributed by atoms with Gasteiger partial charge in [-0.25, -0.2) is 0 Å². The van der Waals surface area contributed by atoms with Gasteiger partial charge in [0.2, 0.25) is 0 Å². The first kappa shape index (κ1) is 13.6. The molecule has 2 rings (SSSR count). The second-order valence-corrected chi connectivity index (χ2v) is 4.96. The molecule has 7 heteroatoms. The number of alkyl halides is 3. The zero-order valence-electron chi connectivity index (χ0n) is 9.17. The first-order valence-corrected chi connectivity index (χ1v) is 6.06. The van der Waals surface area contributed by atoms with E-state index in [-0.39, 0.29) is 18.9 Å². The first-order valence-electron chi connectivity index (χ1n) is 5.27. The van der Waals surface area contributed by atoms with Gasteiger partial charge in [0, 0.05) is 10.2 Å². The van der Waals surface area contributed by atoms with Crippen molar-refractivity contribution in [1.82, 2.24) is 0 Å². The molecular weight excluding hydrogens is 315 g/mol. The molecule has 0 aliphatic carbocycles. The fraction of sp³-hybridized carbons (Fsp3) is 0.455. The molecule has 0 spiro atoms. The highest BCUT2D eigenvalue weighted by molar-refractivity contribution is 9.10. The fourth-order valence-corrected chi connectivity index (χ4v) is 2.12. The van der Waals surface area contributed by atoms with Gasteiger partial charge in [0.05, 0.1) is 30.9 Å². The third-order valence-electron chi connectivity index (χ3n) is 2.68. The Morgan fingerprint density at radius 2 is 2.06 bits per heavy atom. The predicted octanol–water partition coefficient (Wildman–Crippen LogP) is 2.64. The van der Waals surface area contributed by atoms with Crippen LogP contribution in [0.2, 0.25) is 0 Å². The number of benzene rings is 1. The lowest BCUT2D eigenvalue weighted by Crippen LogP contribution is -2.32. The predicted molar refractivity (Wildman–Crippen MR) is 63.4 cm³/mol. The molecule has 2 N–H and O–H groups in total. The van der Waals surface area contributed by atoms with Crippen LogP contribution in [-0.2, 0) is 10.9 Å². The van der Waals surface area contributed by atoms with Crippen molar-refractivity contribution in [3.63, 3.8) is 0 Å². The highest BCUT2D eigenvalue weighted by atomic mass is 79.9. The smallest absolute Gasteiger partial charge is 0.388 e. The number of halogens is 4. The molecule has 18 heavy (non-hydrogen) atoms. The summed E-state index contributed by atoms with van der Waals surface area (Å²) in [6, 6.07) is 3.33. The first-order chi connectivity index (χ1) is 8.38. The lowest BCUT2D eigenvalue weighted by molar-refractivity contribution is -0.137. The SMILES string of the molecule is OC1COCC1Nc1ccc(Br)cc1C(F)(F)F. The number of aliphatic hydroxyl groups excluding tert-OH is 1. The van der Waals surface area contributed by atoms with Crippen LogP contribution in [0.3, 0.4) is 0 Å². The maximum Gasteiger partial charge on any atom is 0.418 e. The van der Waals surface area contributed by atoms with Crippen molar-refractivity contribution in [2.75, 3.05) is 18.5 Å². The number of anilines is 1. The standard InChI is InChI=1S/C11H11BrF3NO2/c12-6-1-2-8(7(3-6)11(13,14)15)16-9-4-18-5-10(9)17/h1-3,9-10,16-17H,4-5H2. The summed E-state index contributed by atoms with van der Waals surface area (Å²) in [4.78, 5) is 0. The van der Waals surface area contributed by atoms with Gasteiger partial charge in [-0.05, 0) is 18.2 Å². The molecule has 0 radical (unpaired) electrons. The van der Waals surface area contributed by atoms with E-state index in [9.17, 15) is 18.3 Å². The van der Waals surface area contributed by atoms with Crippen LogP contribution in [0.15, 0.2) is 22.7 Å². The van der Waals surface area contributed by atoms with Gasteiger partial charge in [-0.1, -0.05) is 15.9 Å². The van der Waals surface area contributed by atoms with Gasteiger partial charge < -0.3 is 15.2 Å². The molecule has 100 valence electrons. The van der Waals surface area contributed by atoms with Crippen LogP contribution in [0.4, 0.5) is 18.9 Å². The number of hydrogen-bond donors (Lipinski definition) is 2. The van der Waals surface area contributed by atoms with E-state index in [1.54, 1.807) is 0 Å². The Bertz CT molecular complexity index is 439. The summed E-state index contributed by atoms with van der Waals surface area (Å²) < 4.78 is 43.9. The van der Waals surface area contributed by atoms with Crippen molar-refractivity contribution in [3.8, 4) is 0 Å². The lowest BCUT2D eigenvalue weighted by atomic mass is 10.1. The third-order valence-corrected chi connectivity index (χ3v) is 3.17. The van der Waals surface area contributed by atoms with E-state index in [0.29, 0.717) is 4.47 Å². The van der Waals surface area contributed by atoms with Crippen molar-refractivity contribution in [3.05, 3.63) is 28.2 Å². The van der Waals surface area contributed by atoms with Gasteiger partial charge in [0.25, 0.3) is 0 Å². The molecule has 0 aromatic heterocycles. The van der Waals surface area contributed by atoms with Gasteiger partial charge in [-0.2, -0.15) is 13.2 Å². The molecule has 1 saturated heterocycles. The number of hydrogen-bond acceptors (Lipinski definition) is 3. The number of aliphatic hydroxyl groups is 1. The topological polar surface area (TPSA) is 41.5 Å². The molecule has 0 saturated carbocycles. The zero-order valence-corrected chi connectivity index (χ0v) is 10.8. The van der Waals surface area contributed by atoms with E-state index in [4.69, 9.17) is 4.74 Å². The third kappa shape index (κ3) is 2.96. The van der Waals surface area contributed by atoms with E-state index in [0.717, 1.165) is 6.07 Å². The van der Waals surface area contributed by atoms with Gasteiger partial charge in [-0.3, -0.25) is 0 Å². The van der Waals surface area contributed by atoms with Gasteiger partial charge in [0.15, 0.2) is 0 Å². The van der Waals surface area contributed by atoms with Crippen LogP contribution in [0.1, 0.15) is 5.56 Å². The minimum Gasteiger partial charge on any atom is -0.388 e. The van der Waals surface area contributed by atoms with Crippen molar-refractivity contribution < 1.29 is 23.0 Å². The van der Waals surface area contributed by atoms with Crippen molar-refractivity contribution >= 4 is 21.6 Å². The maximum atomic E-state index is 12.8. The monoisotopic (exact) mass is 325 g/mol. The lowest BCUT2D eigenvalue weighted by Gasteiger charge is -2.20. The molecule has 1 aromatic rings. The highest BCUT2D eigenvalue weighted by Gasteiger charge is 2.35. The van der Waals surface area contributed by atoms with E-state index in [1.165, 1.54) is 12.1 Å². The minimum absolute atomic E-state index is 0.0553. The Morgan fingerprint density at radius 3 is 2.61 bits per heavy atom. The highest BCUT2D eigenvalue weighted by Crippen LogP contribution is 2.37. The molecule has 2 atom stereocenters. The maximum absolute atomic E-state index is 12.8. The summed E-state index contributed by atoms with van der Waals surface area (Å²) in [6.07, 6.45) is -5.24. The van der Waals surface area contributed by atoms with E-state index < -0.39 is 23.9 Å². The molecule has 0 amide bonds. The summed E-state index contributed by atoms with van der Waals surface area (Å²) in [6.45, 7) is 0.323. The van der Waals surface area contributed by atoms with E-state index >= 15 is 0 Å². The summed E-state index contributed by atoms with van der Waals surface area (Å²) in [5.41, 5.74) is -0.823. The number of nitrogens with one attached hydrogen (secondary N) is 1. The minimum atomic E-state index is -4.45. The Hall–Kier alpha value is -0.790. The summed E-state index contributed by atoms with van der Waals surface area (Å²) in [5.74, 6) is 0. The van der Waals surface area contributed by atoms with Crippen LogP contribution in [-0.4, -0.2) is 30.5 Å². The molecule has 0 bridgehead atoms. The van der Waals surface area contributed by atoms with Crippen LogP contribution in [0.25, 0.3) is 0 Å². The van der Waals surface area contributed by atoms with Gasteiger partial charge >= 0.3 is 6.18 Å². The Labute approximate surface area is 110 Å². The molecule has 1 aromatic carbocycles. The molecule has 1 aliphatic heterocycles. The van der Waals surface area contributed by atoms with Crippen molar-refractivity contribution in [2.45, 2.75) is 18.3 Å². The Kier molecular flexibility index (Phi) is 3.84. The molecule has 2 unspecified atom stereocenters. The summed E-state index contributed by atoms with van der Waals surface area (Å²) in [5, 5.41) is 12.2. The quantitative estimate of drug-likeness (QED) is 0.878. The normalized spacial score (nSPS) is 24.3. The number of rotatable bonds is 2. The molecule has 1 fully saturated rings. The Morgan fingerprint density at radius 1 is 1.33 bits per heavy atom. The van der Waals surface area contributed by atoms with Crippen LogP contribution < -0.4 is 5.32 Å². The molecule has 1 heterocycles. The second-order valence-electron chi connectivity index (χ2n) is 4.04. The van der Waals surface area contributed by atoms with Crippen LogP contribution in [0.5, 0.6) is 0 Å². The van der Waals surface area contributed by atoms with E-state index in [2.05, 4.69) is 21.2 Å². The summed E-state index contributed by atoms with van der Waals surface area (Å²) in [7, 11) is 0. The van der Waals surface area contributed by atoms with Crippen LogP contribution in [0, 0.1) is 0 Å². The molecular formula is C11H11BrF3NO2. The van der Waals surface area contributed by atoms with Gasteiger partial charge in [0.1, 0.15) is 0 Å². The largest absolute Gasteiger partial charge is 0.418 e. The van der Waals surface area contributed by atoms with Crippen molar-refractivity contribution in [1.29, 1.82) is 0 Å². The molecule has 1 aliphatic rings. The van der Waals surface area contributed by atoms with Crippen molar-refractivity contribution in [2.24, 2.45) is 0 Å². The van der Waals surface area contributed by atoms with E-state index in [1.807, 2.05) is 0 Å². The average molecular weight is 326 g/mol.